The second-order valence-electron chi connectivity index (χ2n) is 6.74. The highest BCUT2D eigenvalue weighted by atomic mass is 16.5. The van der Waals surface area contributed by atoms with Gasteiger partial charge < -0.3 is 9.64 Å². The molecule has 0 atom stereocenters. The van der Waals surface area contributed by atoms with Crippen molar-refractivity contribution in [1.29, 1.82) is 0 Å². The maximum Gasteiger partial charge on any atom is 0.222 e. The van der Waals surface area contributed by atoms with Crippen LogP contribution in [0.3, 0.4) is 0 Å². The Bertz CT molecular complexity index is 580. The SMILES string of the molecule is COc1c(C)cnc(CN2CCC(N3CCCC3=O)CC2)c1C. The predicted octanol–water partition coefficient (Wildman–Crippen LogP) is 2.29. The van der Waals surface area contributed by atoms with E-state index < -0.39 is 0 Å². The Hall–Kier alpha value is -1.62. The fourth-order valence-corrected chi connectivity index (χ4v) is 3.89. The molecule has 2 fully saturated rings. The molecule has 1 amide bonds. The summed E-state index contributed by atoms with van der Waals surface area (Å²) in [6.07, 6.45) is 5.83. The first-order valence-corrected chi connectivity index (χ1v) is 8.61. The molecule has 0 aromatic carbocycles. The van der Waals surface area contributed by atoms with Crippen molar-refractivity contribution in [2.24, 2.45) is 0 Å². The second kappa shape index (κ2) is 6.87. The minimum atomic E-state index is 0.351. The topological polar surface area (TPSA) is 45.7 Å². The van der Waals surface area contributed by atoms with Crippen molar-refractivity contribution in [3.8, 4) is 5.75 Å². The van der Waals surface area contributed by atoms with Crippen molar-refractivity contribution >= 4 is 5.91 Å². The average molecular weight is 317 g/mol. The Kier molecular flexibility index (Phi) is 4.85. The number of carbonyl (C=O) groups excluding carboxylic acids is 1. The fraction of sp³-hybridized carbons (Fsp3) is 0.667. The minimum absolute atomic E-state index is 0.351. The number of piperidine rings is 1. The maximum atomic E-state index is 11.9. The van der Waals surface area contributed by atoms with Crippen LogP contribution >= 0.6 is 0 Å². The number of methoxy groups -OCH3 is 1. The molecule has 3 heterocycles. The van der Waals surface area contributed by atoms with E-state index in [1.165, 1.54) is 0 Å². The third-order valence-corrected chi connectivity index (χ3v) is 5.23. The summed E-state index contributed by atoms with van der Waals surface area (Å²) in [7, 11) is 1.72. The largest absolute Gasteiger partial charge is 0.496 e. The lowest BCUT2D eigenvalue weighted by atomic mass is 10.0. The van der Waals surface area contributed by atoms with E-state index in [-0.39, 0.29) is 0 Å². The molecule has 1 aromatic rings. The highest BCUT2D eigenvalue weighted by molar-refractivity contribution is 5.78. The van der Waals surface area contributed by atoms with Crippen LogP contribution in [0.15, 0.2) is 6.20 Å². The standard InChI is InChI=1S/C18H27N3O2/c1-13-11-19-16(14(2)18(13)23-3)12-20-9-6-15(7-10-20)21-8-4-5-17(21)22/h11,15H,4-10,12H2,1-3H3. The first-order valence-electron chi connectivity index (χ1n) is 8.61. The number of likely N-dealkylation sites (tertiary alicyclic amines) is 2. The Morgan fingerprint density at radius 2 is 2.00 bits per heavy atom. The van der Waals surface area contributed by atoms with Crippen molar-refractivity contribution < 1.29 is 9.53 Å². The summed E-state index contributed by atoms with van der Waals surface area (Å²) in [5.74, 6) is 1.30. The molecule has 0 bridgehead atoms. The number of hydrogen-bond acceptors (Lipinski definition) is 4. The summed E-state index contributed by atoms with van der Waals surface area (Å²) < 4.78 is 5.50. The molecule has 3 rings (SSSR count). The van der Waals surface area contributed by atoms with Gasteiger partial charge in [0.05, 0.1) is 12.8 Å². The zero-order chi connectivity index (χ0) is 16.4. The Labute approximate surface area is 138 Å². The monoisotopic (exact) mass is 317 g/mol. The number of nitrogens with zero attached hydrogens (tertiary/aromatic N) is 3. The van der Waals surface area contributed by atoms with E-state index >= 15 is 0 Å². The van der Waals surface area contributed by atoms with E-state index in [9.17, 15) is 4.79 Å². The van der Waals surface area contributed by atoms with Gasteiger partial charge in [-0.3, -0.25) is 14.7 Å². The summed E-state index contributed by atoms with van der Waals surface area (Å²) in [6, 6.07) is 0.447. The van der Waals surface area contributed by atoms with E-state index in [1.807, 2.05) is 13.1 Å². The summed E-state index contributed by atoms with van der Waals surface area (Å²) in [5, 5.41) is 0. The Morgan fingerprint density at radius 3 is 2.61 bits per heavy atom. The van der Waals surface area contributed by atoms with Crippen LogP contribution < -0.4 is 4.74 Å². The molecular formula is C18H27N3O2. The Balaban J connectivity index is 1.60. The van der Waals surface area contributed by atoms with Crippen LogP contribution in [0.1, 0.15) is 42.5 Å². The van der Waals surface area contributed by atoms with Gasteiger partial charge in [-0.25, -0.2) is 0 Å². The molecule has 0 unspecified atom stereocenters. The smallest absolute Gasteiger partial charge is 0.222 e. The molecular weight excluding hydrogens is 290 g/mol. The molecule has 126 valence electrons. The lowest BCUT2D eigenvalue weighted by molar-refractivity contribution is -0.130. The molecule has 5 nitrogen and oxygen atoms in total. The lowest BCUT2D eigenvalue weighted by Gasteiger charge is -2.36. The lowest BCUT2D eigenvalue weighted by Crippen LogP contribution is -2.45. The number of amides is 1. The van der Waals surface area contributed by atoms with Crippen LogP contribution in [0.2, 0.25) is 0 Å². The van der Waals surface area contributed by atoms with E-state index in [0.717, 1.165) is 74.4 Å². The van der Waals surface area contributed by atoms with Crippen LogP contribution in [0.4, 0.5) is 0 Å². The number of rotatable bonds is 4. The van der Waals surface area contributed by atoms with Gasteiger partial charge in [0.1, 0.15) is 5.75 Å². The molecule has 1 aromatic heterocycles. The molecule has 0 saturated carbocycles. The van der Waals surface area contributed by atoms with Gasteiger partial charge in [0, 0.05) is 56.0 Å². The average Bonchev–Trinajstić information content (AvgIpc) is 2.97. The number of hydrogen-bond donors (Lipinski definition) is 0. The van der Waals surface area contributed by atoms with E-state index in [0.29, 0.717) is 11.9 Å². The molecule has 0 spiro atoms. The molecule has 2 aliphatic rings. The Morgan fingerprint density at radius 1 is 1.26 bits per heavy atom. The van der Waals surface area contributed by atoms with Gasteiger partial charge in [-0.05, 0) is 33.1 Å². The van der Waals surface area contributed by atoms with Crippen molar-refractivity contribution in [2.75, 3.05) is 26.7 Å². The summed E-state index contributed by atoms with van der Waals surface area (Å²) >= 11 is 0. The summed E-state index contributed by atoms with van der Waals surface area (Å²) in [4.78, 5) is 21.0. The second-order valence-corrected chi connectivity index (χ2v) is 6.74. The third-order valence-electron chi connectivity index (χ3n) is 5.23. The number of carbonyl (C=O) groups is 1. The zero-order valence-corrected chi connectivity index (χ0v) is 14.5. The third kappa shape index (κ3) is 3.34. The molecule has 0 aliphatic carbocycles. The number of aryl methyl sites for hydroxylation is 1. The number of pyridine rings is 1. The number of aromatic nitrogens is 1. The van der Waals surface area contributed by atoms with Gasteiger partial charge in [-0.1, -0.05) is 0 Å². The quantitative estimate of drug-likeness (QED) is 0.855. The highest BCUT2D eigenvalue weighted by Crippen LogP contribution is 2.27. The van der Waals surface area contributed by atoms with E-state index in [1.54, 1.807) is 7.11 Å². The van der Waals surface area contributed by atoms with Gasteiger partial charge in [0.15, 0.2) is 0 Å². The molecule has 2 saturated heterocycles. The van der Waals surface area contributed by atoms with Crippen LogP contribution in [0.25, 0.3) is 0 Å². The molecule has 5 heteroatoms. The minimum Gasteiger partial charge on any atom is -0.496 e. The first-order chi connectivity index (χ1) is 11.1. The van der Waals surface area contributed by atoms with Gasteiger partial charge in [0.2, 0.25) is 5.91 Å². The van der Waals surface area contributed by atoms with Gasteiger partial charge in [0.25, 0.3) is 0 Å². The first kappa shape index (κ1) is 16.2. The van der Waals surface area contributed by atoms with E-state index in [2.05, 4.69) is 21.7 Å². The van der Waals surface area contributed by atoms with Crippen molar-refractivity contribution in [3.63, 3.8) is 0 Å². The van der Waals surface area contributed by atoms with Crippen LogP contribution in [0, 0.1) is 13.8 Å². The molecule has 2 aliphatic heterocycles. The van der Waals surface area contributed by atoms with Crippen molar-refractivity contribution in [2.45, 2.75) is 52.1 Å². The summed E-state index contributed by atoms with van der Waals surface area (Å²) in [5.41, 5.74) is 3.33. The highest BCUT2D eigenvalue weighted by Gasteiger charge is 2.30. The maximum absolute atomic E-state index is 11.9. The van der Waals surface area contributed by atoms with Crippen molar-refractivity contribution in [1.82, 2.24) is 14.8 Å². The summed E-state index contributed by atoms with van der Waals surface area (Å²) in [6.45, 7) is 8.00. The van der Waals surface area contributed by atoms with Crippen LogP contribution in [-0.2, 0) is 11.3 Å². The normalized spacial score (nSPS) is 20.3. The van der Waals surface area contributed by atoms with Crippen molar-refractivity contribution in [3.05, 3.63) is 23.0 Å². The molecule has 0 radical (unpaired) electrons. The zero-order valence-electron chi connectivity index (χ0n) is 14.5. The molecule has 0 N–H and O–H groups in total. The van der Waals surface area contributed by atoms with Gasteiger partial charge in [-0.15, -0.1) is 0 Å². The predicted molar refractivity (Wildman–Crippen MR) is 89.5 cm³/mol. The molecule has 23 heavy (non-hydrogen) atoms. The van der Waals surface area contributed by atoms with Gasteiger partial charge >= 0.3 is 0 Å². The number of ether oxygens (including phenoxy) is 1. The fourth-order valence-electron chi connectivity index (χ4n) is 3.89. The van der Waals surface area contributed by atoms with Crippen LogP contribution in [-0.4, -0.2) is 53.5 Å². The van der Waals surface area contributed by atoms with Gasteiger partial charge in [-0.2, -0.15) is 0 Å². The van der Waals surface area contributed by atoms with E-state index in [4.69, 9.17) is 4.74 Å². The van der Waals surface area contributed by atoms with Crippen LogP contribution in [0.5, 0.6) is 5.75 Å².